The second kappa shape index (κ2) is 19.4. The van der Waals surface area contributed by atoms with Crippen LogP contribution in [-0.2, 0) is 24.1 Å². The van der Waals surface area contributed by atoms with Gasteiger partial charge in [0.25, 0.3) is 0 Å². The second-order valence-corrected chi connectivity index (χ2v) is 8.54. The van der Waals surface area contributed by atoms with Crippen LogP contribution in [0.1, 0.15) is 17.5 Å². The first-order chi connectivity index (χ1) is 20.0. The average molecular weight is 751 g/mol. The van der Waals surface area contributed by atoms with E-state index in [0.717, 1.165) is 53.8 Å². The standard InChI is InChI=1S/C12H12N2O2.C12H12N2.C6H11N3.ClH.Os/c1-15-9-3-5-13-11(7-9)12-8-10(16-2)4-6-14-12;1-9-3-5-13-11(7-9)12-8-10(2)4-6-14-12;7-2-1-4-9-5-3-8-6-9;;/h3-8H,1-2H3;3-8H,1-2H3;3,5-6H,1-2,4,7H2;1H;/q;;;;+1/p-1. The summed E-state index contributed by atoms with van der Waals surface area (Å²) in [6, 6.07) is 15.3. The fraction of sp³-hybridized carbons (Fsp3) is 0.233. The Morgan fingerprint density at radius 2 is 1.15 bits per heavy atom. The van der Waals surface area contributed by atoms with Crippen LogP contribution in [0.2, 0.25) is 0 Å². The zero-order chi connectivity index (χ0) is 29.9. The van der Waals surface area contributed by atoms with Crippen molar-refractivity contribution in [2.75, 3.05) is 20.8 Å². The monoisotopic (exact) mass is 752 g/mol. The van der Waals surface area contributed by atoms with Crippen molar-refractivity contribution in [3.8, 4) is 34.3 Å². The zero-order valence-electron chi connectivity index (χ0n) is 23.6. The fourth-order valence-electron chi connectivity index (χ4n) is 3.40. The van der Waals surface area contributed by atoms with E-state index >= 15 is 0 Å². The minimum atomic E-state index is 0.748. The van der Waals surface area contributed by atoms with Crippen molar-refractivity contribution in [1.29, 1.82) is 0 Å². The SMILES string of the molecule is COc1ccnc(-c2cc(OC)ccn2)c1.Cc1ccnc(-c2cc(C)ccn2)c1.NCCCn1ccnc1.[Cl][Os]. The van der Waals surface area contributed by atoms with E-state index in [-0.39, 0.29) is 0 Å². The van der Waals surface area contributed by atoms with Crippen LogP contribution in [0, 0.1) is 13.8 Å². The predicted octanol–water partition coefficient (Wildman–Crippen LogP) is 5.84. The summed E-state index contributed by atoms with van der Waals surface area (Å²) in [7, 11) is 7.91. The Morgan fingerprint density at radius 1 is 0.707 bits per heavy atom. The normalized spacial score (nSPS) is 9.63. The first-order valence-corrected chi connectivity index (χ1v) is 15.8. The molecule has 2 N–H and O–H groups in total. The summed E-state index contributed by atoms with van der Waals surface area (Å²) in [5.41, 5.74) is 11.1. The summed E-state index contributed by atoms with van der Waals surface area (Å²) in [4.78, 5) is 20.9. The molecule has 217 valence electrons. The molecule has 11 heteroatoms. The van der Waals surface area contributed by atoms with Gasteiger partial charge in [-0.2, -0.15) is 0 Å². The van der Waals surface area contributed by atoms with E-state index in [2.05, 4.69) is 48.4 Å². The molecule has 0 aliphatic carbocycles. The van der Waals surface area contributed by atoms with E-state index in [0.29, 0.717) is 0 Å². The van der Waals surface area contributed by atoms with Crippen molar-refractivity contribution in [3.63, 3.8) is 0 Å². The van der Waals surface area contributed by atoms with Gasteiger partial charge in [-0.15, -0.1) is 0 Å². The molecule has 0 atom stereocenters. The number of aryl methyl sites for hydroxylation is 3. The molecule has 5 heterocycles. The van der Waals surface area contributed by atoms with Gasteiger partial charge in [0.15, 0.2) is 0 Å². The van der Waals surface area contributed by atoms with Crippen LogP contribution in [0.15, 0.2) is 92.0 Å². The third-order valence-electron chi connectivity index (χ3n) is 5.47. The number of ether oxygens (including phenoxy) is 2. The third kappa shape index (κ3) is 12.1. The van der Waals surface area contributed by atoms with Crippen molar-refractivity contribution in [3.05, 3.63) is 103 Å². The number of hydrogen-bond donors (Lipinski definition) is 1. The topological polar surface area (TPSA) is 114 Å². The van der Waals surface area contributed by atoms with Crippen LogP contribution in [0.5, 0.6) is 11.5 Å². The number of imidazole rings is 1. The number of halogens is 1. The molecular weight excluding hydrogens is 716 g/mol. The quantitative estimate of drug-likeness (QED) is 0.221. The zero-order valence-corrected chi connectivity index (χ0v) is 26.9. The first kappa shape index (κ1) is 33.5. The molecule has 0 aliphatic heterocycles. The van der Waals surface area contributed by atoms with Gasteiger partial charge in [-0.25, -0.2) is 4.98 Å². The van der Waals surface area contributed by atoms with Gasteiger partial charge in [-0.3, -0.25) is 19.9 Å². The Hall–Kier alpha value is -3.70. The molecule has 9 nitrogen and oxygen atoms in total. The molecule has 0 saturated heterocycles. The molecule has 0 amide bonds. The molecular formula is C30H35ClN7O2Os. The molecule has 0 aromatic carbocycles. The number of pyridine rings is 4. The van der Waals surface area contributed by atoms with E-state index < -0.39 is 0 Å². The van der Waals surface area contributed by atoms with Gasteiger partial charge in [0.05, 0.1) is 43.3 Å². The Balaban J connectivity index is 0.000000216. The maximum absolute atomic E-state index is 5.31. The Bertz CT molecular complexity index is 1330. The Labute approximate surface area is 256 Å². The second-order valence-electron chi connectivity index (χ2n) is 8.54. The first-order valence-electron chi connectivity index (χ1n) is 12.7. The van der Waals surface area contributed by atoms with Crippen molar-refractivity contribution >= 4 is 9.64 Å². The van der Waals surface area contributed by atoms with E-state index in [1.165, 1.54) is 28.7 Å². The van der Waals surface area contributed by atoms with Gasteiger partial charge in [-0.1, -0.05) is 0 Å². The van der Waals surface area contributed by atoms with Crippen LogP contribution < -0.4 is 15.2 Å². The van der Waals surface area contributed by atoms with Gasteiger partial charge in [0, 0.05) is 55.9 Å². The molecule has 0 fully saturated rings. The molecule has 0 saturated carbocycles. The number of nitrogens with zero attached hydrogens (tertiary/aromatic N) is 6. The average Bonchev–Trinajstić information content (AvgIpc) is 3.55. The summed E-state index contributed by atoms with van der Waals surface area (Å²) in [6.45, 7) is 5.84. The molecule has 0 bridgehead atoms. The van der Waals surface area contributed by atoms with E-state index in [1.54, 1.807) is 51.3 Å². The number of rotatable bonds is 7. The molecule has 0 aliphatic rings. The van der Waals surface area contributed by atoms with Crippen LogP contribution in [-0.4, -0.2) is 50.3 Å². The molecule has 5 rings (SSSR count). The van der Waals surface area contributed by atoms with Gasteiger partial charge >= 0.3 is 27.2 Å². The van der Waals surface area contributed by atoms with E-state index in [9.17, 15) is 0 Å². The van der Waals surface area contributed by atoms with Gasteiger partial charge in [0.2, 0.25) is 0 Å². The number of hydrogen-bond acceptors (Lipinski definition) is 8. The van der Waals surface area contributed by atoms with Crippen LogP contribution >= 0.6 is 9.64 Å². The van der Waals surface area contributed by atoms with Crippen molar-refractivity contribution in [1.82, 2.24) is 29.5 Å². The van der Waals surface area contributed by atoms with Crippen molar-refractivity contribution < 1.29 is 27.1 Å². The van der Waals surface area contributed by atoms with Crippen molar-refractivity contribution in [2.45, 2.75) is 26.8 Å². The van der Waals surface area contributed by atoms with Crippen LogP contribution in [0.25, 0.3) is 22.8 Å². The van der Waals surface area contributed by atoms with Gasteiger partial charge < -0.3 is 19.8 Å². The number of aromatic nitrogens is 6. The summed E-state index contributed by atoms with van der Waals surface area (Å²) in [5.74, 6) is 1.52. The maximum atomic E-state index is 5.31. The number of methoxy groups -OCH3 is 2. The molecule has 0 radical (unpaired) electrons. The molecule has 5 aromatic rings. The van der Waals surface area contributed by atoms with Gasteiger partial charge in [-0.05, 0) is 74.3 Å². The Morgan fingerprint density at radius 3 is 1.51 bits per heavy atom. The predicted molar refractivity (Wildman–Crippen MR) is 159 cm³/mol. The van der Waals surface area contributed by atoms with E-state index in [4.69, 9.17) is 15.2 Å². The molecule has 5 aromatic heterocycles. The van der Waals surface area contributed by atoms with Gasteiger partial charge in [0.1, 0.15) is 11.5 Å². The molecule has 41 heavy (non-hydrogen) atoms. The van der Waals surface area contributed by atoms with Crippen LogP contribution in [0.4, 0.5) is 0 Å². The summed E-state index contributed by atoms with van der Waals surface area (Å²) in [6.07, 6.45) is 13.5. The van der Waals surface area contributed by atoms with Crippen LogP contribution in [0.3, 0.4) is 0 Å². The minimum absolute atomic E-state index is 0.748. The molecule has 0 spiro atoms. The number of nitrogens with two attached hydrogens (primary N) is 1. The summed E-state index contributed by atoms with van der Waals surface area (Å²) >= 11 is 1.33. The van der Waals surface area contributed by atoms with E-state index in [1.807, 2.05) is 59.6 Å². The molecule has 0 unspecified atom stereocenters. The Kier molecular flexibility index (Phi) is 15.8. The van der Waals surface area contributed by atoms with Crippen molar-refractivity contribution in [2.24, 2.45) is 5.73 Å². The summed E-state index contributed by atoms with van der Waals surface area (Å²) < 4.78 is 12.3. The summed E-state index contributed by atoms with van der Waals surface area (Å²) in [5, 5.41) is 0. The fourth-order valence-corrected chi connectivity index (χ4v) is 3.40. The third-order valence-corrected chi connectivity index (χ3v) is 5.47.